The van der Waals surface area contributed by atoms with Gasteiger partial charge in [0.15, 0.2) is 0 Å². The van der Waals surface area contributed by atoms with Gasteiger partial charge in [-0.1, -0.05) is 11.8 Å². The molecule has 0 aromatic rings. The fraction of sp³-hybridized carbons (Fsp3) is 0.286. The van der Waals surface area contributed by atoms with Crippen LogP contribution in [-0.2, 0) is 0 Å². The Kier molecular flexibility index (Phi) is 2.96. The monoisotopic (exact) mass is 92.1 g/mol. The maximum absolute atomic E-state index is 4.87. The fourth-order valence-corrected chi connectivity index (χ4v) is 0.186. The van der Waals surface area contributed by atoms with E-state index < -0.39 is 0 Å². The fourth-order valence-electron chi connectivity index (χ4n) is 0.186. The first kappa shape index (κ1) is 6.17. The van der Waals surface area contributed by atoms with E-state index in [1.807, 2.05) is 13.8 Å². The molecule has 0 N–H and O–H groups in total. The van der Waals surface area contributed by atoms with E-state index in [9.17, 15) is 0 Å². The lowest BCUT2D eigenvalue weighted by atomic mass is 10.2. The van der Waals surface area contributed by atoms with Crippen molar-refractivity contribution in [1.29, 1.82) is 0 Å². The quantitative estimate of drug-likeness (QED) is 0.340. The number of rotatable bonds is 1. The molecule has 0 saturated heterocycles. The predicted molar refractivity (Wildman–Crippen MR) is 31.2 cm³/mol. The minimum atomic E-state index is 1.18. The third kappa shape index (κ3) is 5.17. The molecule has 0 rings (SSSR count). The van der Waals surface area contributed by atoms with E-state index in [1.165, 1.54) is 5.92 Å². The summed E-state index contributed by atoms with van der Waals surface area (Å²) in [5.74, 6) is 3.45. The largest absolute Gasteiger partial charge is 0.115 e. The Balaban J connectivity index is 3.31. The van der Waals surface area contributed by atoms with Gasteiger partial charge in [-0.2, -0.15) is 0 Å². The molecular formula is C7H8. The van der Waals surface area contributed by atoms with Crippen molar-refractivity contribution in [2.75, 3.05) is 0 Å². The van der Waals surface area contributed by atoms with Crippen LogP contribution < -0.4 is 0 Å². The zero-order valence-corrected chi connectivity index (χ0v) is 4.65. The van der Waals surface area contributed by atoms with E-state index >= 15 is 0 Å². The number of hydrogen-bond acceptors (Lipinski definition) is 0. The Morgan fingerprint density at radius 2 is 2.29 bits per heavy atom. The number of terminal acetylenes is 1. The first-order chi connectivity index (χ1) is 3.27. The topological polar surface area (TPSA) is 0 Å². The third-order valence-corrected chi connectivity index (χ3v) is 0.444. The number of allylic oxidation sites excluding steroid dienone is 2. The van der Waals surface area contributed by atoms with Crippen molar-refractivity contribution in [3.05, 3.63) is 18.1 Å². The highest BCUT2D eigenvalue weighted by molar-refractivity contribution is 5.09. The summed E-state index contributed by atoms with van der Waals surface area (Å²) in [6.07, 6.45) is 9.26. The highest BCUT2D eigenvalue weighted by Gasteiger charge is 1.77. The molecule has 0 heterocycles. The predicted octanol–water partition coefficient (Wildman–Crippen LogP) is 1.59. The SMILES string of the molecule is C#C[C-]=C[C+](C)C. The van der Waals surface area contributed by atoms with Gasteiger partial charge in [-0.3, -0.25) is 0 Å². The molecule has 0 spiro atoms. The smallest absolute Gasteiger partial charge is 0.0398 e. The normalized spacial score (nSPS) is 8.71. The maximum atomic E-state index is 4.87. The van der Waals surface area contributed by atoms with Crippen LogP contribution in [0, 0.1) is 24.3 Å². The molecule has 0 bridgehead atoms. The van der Waals surface area contributed by atoms with E-state index in [0.29, 0.717) is 0 Å². The molecule has 36 valence electrons. The standard InChI is InChI=1S/C7H8/c1-4-5-6-7(2)3/h1,6H,2-3H3. The molecule has 0 aromatic carbocycles. The summed E-state index contributed by atoms with van der Waals surface area (Å²) in [6.45, 7) is 3.95. The van der Waals surface area contributed by atoms with Crippen LogP contribution in [0.25, 0.3) is 0 Å². The van der Waals surface area contributed by atoms with Crippen molar-refractivity contribution >= 4 is 0 Å². The van der Waals surface area contributed by atoms with Crippen LogP contribution in [0.3, 0.4) is 0 Å². The Bertz CT molecular complexity index is 91.1. The summed E-state index contributed by atoms with van der Waals surface area (Å²) in [6, 6.07) is 0. The third-order valence-electron chi connectivity index (χ3n) is 0.444. The van der Waals surface area contributed by atoms with Gasteiger partial charge >= 0.3 is 0 Å². The maximum Gasteiger partial charge on any atom is 0.0398 e. The first-order valence-electron chi connectivity index (χ1n) is 2.12. The van der Waals surface area contributed by atoms with Crippen LogP contribution in [0.2, 0.25) is 0 Å². The second kappa shape index (κ2) is 3.36. The van der Waals surface area contributed by atoms with Crippen molar-refractivity contribution in [2.24, 2.45) is 0 Å². The van der Waals surface area contributed by atoms with Crippen molar-refractivity contribution in [3.8, 4) is 12.3 Å². The Morgan fingerprint density at radius 3 is 2.43 bits per heavy atom. The van der Waals surface area contributed by atoms with Crippen molar-refractivity contribution < 1.29 is 0 Å². The second-order valence-electron chi connectivity index (χ2n) is 1.51. The summed E-state index contributed by atoms with van der Waals surface area (Å²) in [5, 5.41) is 0. The first-order valence-corrected chi connectivity index (χ1v) is 2.12. The van der Waals surface area contributed by atoms with Crippen LogP contribution in [0.4, 0.5) is 0 Å². The molecule has 0 heteroatoms. The molecule has 7 heavy (non-hydrogen) atoms. The zero-order chi connectivity index (χ0) is 5.70. The molecular weight excluding hydrogens is 84.1 g/mol. The molecule has 0 unspecified atom stereocenters. The summed E-state index contributed by atoms with van der Waals surface area (Å²) in [4.78, 5) is 0. The molecule has 0 radical (unpaired) electrons. The molecule has 0 aliphatic rings. The molecule has 0 aliphatic carbocycles. The molecule has 0 aromatic heterocycles. The minimum Gasteiger partial charge on any atom is -0.115 e. The van der Waals surface area contributed by atoms with Crippen LogP contribution >= 0.6 is 0 Å². The van der Waals surface area contributed by atoms with Gasteiger partial charge in [-0.05, 0) is 19.9 Å². The van der Waals surface area contributed by atoms with Crippen molar-refractivity contribution in [3.63, 3.8) is 0 Å². The van der Waals surface area contributed by atoms with Crippen LogP contribution in [0.5, 0.6) is 0 Å². The summed E-state index contributed by atoms with van der Waals surface area (Å²) >= 11 is 0. The molecule has 0 atom stereocenters. The van der Waals surface area contributed by atoms with E-state index in [1.54, 1.807) is 6.08 Å². The summed E-state index contributed by atoms with van der Waals surface area (Å²) < 4.78 is 0. The lowest BCUT2D eigenvalue weighted by molar-refractivity contribution is 1.21. The molecule has 0 saturated carbocycles. The van der Waals surface area contributed by atoms with Gasteiger partial charge in [0.2, 0.25) is 0 Å². The zero-order valence-electron chi connectivity index (χ0n) is 4.65. The van der Waals surface area contributed by atoms with Crippen molar-refractivity contribution in [2.45, 2.75) is 13.8 Å². The van der Waals surface area contributed by atoms with Gasteiger partial charge in [0, 0.05) is 6.08 Å². The average Bonchev–Trinajstić information content (AvgIpc) is 1.61. The van der Waals surface area contributed by atoms with E-state index in [2.05, 4.69) is 12.0 Å². The van der Waals surface area contributed by atoms with Gasteiger partial charge in [-0.15, -0.1) is 6.42 Å². The van der Waals surface area contributed by atoms with E-state index in [4.69, 9.17) is 6.42 Å². The Hall–Kier alpha value is -0.830. The van der Waals surface area contributed by atoms with Gasteiger partial charge < -0.3 is 0 Å². The molecule has 0 amide bonds. The highest BCUT2D eigenvalue weighted by atomic mass is 13.8. The Labute approximate surface area is 45.2 Å². The van der Waals surface area contributed by atoms with Crippen LogP contribution in [0.15, 0.2) is 6.08 Å². The van der Waals surface area contributed by atoms with Crippen LogP contribution in [0.1, 0.15) is 13.8 Å². The van der Waals surface area contributed by atoms with Crippen molar-refractivity contribution in [1.82, 2.24) is 0 Å². The van der Waals surface area contributed by atoms with E-state index in [-0.39, 0.29) is 0 Å². The second-order valence-corrected chi connectivity index (χ2v) is 1.51. The van der Waals surface area contributed by atoms with Crippen LogP contribution in [-0.4, -0.2) is 0 Å². The molecule has 0 aliphatic heterocycles. The molecule has 0 nitrogen and oxygen atoms in total. The highest BCUT2D eigenvalue weighted by Crippen LogP contribution is 1.93. The average molecular weight is 92.1 g/mol. The minimum absolute atomic E-state index is 1.18. The molecule has 0 fully saturated rings. The summed E-state index contributed by atoms with van der Waals surface area (Å²) in [5.41, 5.74) is 0. The Morgan fingerprint density at radius 1 is 1.71 bits per heavy atom. The van der Waals surface area contributed by atoms with Gasteiger partial charge in [0.25, 0.3) is 0 Å². The number of hydrogen-bond donors (Lipinski definition) is 0. The summed E-state index contributed by atoms with van der Waals surface area (Å²) in [7, 11) is 0. The van der Waals surface area contributed by atoms with Gasteiger partial charge in [-0.25, -0.2) is 0 Å². The lowest BCUT2D eigenvalue weighted by Crippen LogP contribution is -1.70. The van der Waals surface area contributed by atoms with Gasteiger partial charge in [0.1, 0.15) is 0 Å². The van der Waals surface area contributed by atoms with Gasteiger partial charge in [0.05, 0.1) is 0 Å². The lowest BCUT2D eigenvalue weighted by Gasteiger charge is -1.87. The van der Waals surface area contributed by atoms with E-state index in [0.717, 1.165) is 0 Å².